The molecule has 0 aliphatic carbocycles. The molecule has 0 radical (unpaired) electrons. The lowest BCUT2D eigenvalue weighted by molar-refractivity contribution is 0.0369. The number of nitrogens with one attached hydrogen (secondary N) is 3. The minimum Gasteiger partial charge on any atom is -0.351 e. The maximum absolute atomic E-state index is 8.99. The number of hydrogen-bond acceptors (Lipinski definition) is 8. The molecular weight excluding hydrogens is 396 g/mol. The molecule has 2 saturated heterocycles. The molecule has 0 spiro atoms. The van der Waals surface area contributed by atoms with Gasteiger partial charge in [-0.25, -0.2) is 4.98 Å². The Hall–Kier alpha value is -2.70. The van der Waals surface area contributed by atoms with Gasteiger partial charge in [-0.2, -0.15) is 15.3 Å². The SMILES string of the molecule is Cc1cc(Nc2nc(N[C@@H]3C[C@H]4CCC[C@@H](C3)N4CCC#N)nc3ccsc23)n[nH]1. The average Bonchev–Trinajstić information content (AvgIpc) is 3.35. The van der Waals surface area contributed by atoms with E-state index in [1.165, 1.54) is 19.3 Å². The molecule has 9 heteroatoms. The first kappa shape index (κ1) is 19.3. The summed E-state index contributed by atoms with van der Waals surface area (Å²) in [6.45, 7) is 2.87. The van der Waals surface area contributed by atoms with Gasteiger partial charge in [-0.15, -0.1) is 11.3 Å². The fraction of sp³-hybridized carbons (Fsp3) is 0.524. The summed E-state index contributed by atoms with van der Waals surface area (Å²) in [6.07, 6.45) is 6.50. The summed E-state index contributed by atoms with van der Waals surface area (Å²) >= 11 is 1.63. The number of hydrogen-bond donors (Lipinski definition) is 3. The van der Waals surface area contributed by atoms with Crippen LogP contribution in [0.4, 0.5) is 17.6 Å². The van der Waals surface area contributed by atoms with Crippen LogP contribution in [0, 0.1) is 18.3 Å². The highest BCUT2D eigenvalue weighted by atomic mass is 32.1. The fourth-order valence-corrected chi connectivity index (χ4v) is 5.72. The second-order valence-electron chi connectivity index (χ2n) is 8.29. The molecular formula is C21H26N8S. The van der Waals surface area contributed by atoms with Gasteiger partial charge in [-0.1, -0.05) is 6.42 Å². The zero-order valence-electron chi connectivity index (χ0n) is 17.1. The Kier molecular flexibility index (Phi) is 5.27. The van der Waals surface area contributed by atoms with Crippen molar-refractivity contribution in [3.8, 4) is 6.07 Å². The molecule has 3 aromatic rings. The number of rotatable bonds is 6. The number of aryl methyl sites for hydroxylation is 1. The van der Waals surface area contributed by atoms with Crippen LogP contribution in [0.1, 0.15) is 44.2 Å². The number of thiophene rings is 1. The Labute approximate surface area is 179 Å². The molecule has 5 rings (SSSR count). The van der Waals surface area contributed by atoms with Crippen molar-refractivity contribution in [1.29, 1.82) is 5.26 Å². The van der Waals surface area contributed by atoms with E-state index in [1.54, 1.807) is 11.3 Å². The molecule has 30 heavy (non-hydrogen) atoms. The molecule has 2 bridgehead atoms. The van der Waals surface area contributed by atoms with Gasteiger partial charge in [-0.3, -0.25) is 10.00 Å². The molecule has 2 aliphatic heterocycles. The lowest BCUT2D eigenvalue weighted by Crippen LogP contribution is -2.55. The smallest absolute Gasteiger partial charge is 0.225 e. The highest BCUT2D eigenvalue weighted by Crippen LogP contribution is 2.36. The molecule has 2 fully saturated rings. The number of nitriles is 1. The number of fused-ring (bicyclic) bond motifs is 3. The van der Waals surface area contributed by atoms with Crippen molar-refractivity contribution in [3.05, 3.63) is 23.2 Å². The summed E-state index contributed by atoms with van der Waals surface area (Å²) < 4.78 is 1.03. The van der Waals surface area contributed by atoms with Crippen LogP contribution in [0.3, 0.4) is 0 Å². The van der Waals surface area contributed by atoms with E-state index in [1.807, 2.05) is 24.4 Å². The van der Waals surface area contributed by atoms with Crippen molar-refractivity contribution in [3.63, 3.8) is 0 Å². The van der Waals surface area contributed by atoms with Crippen LogP contribution in [-0.2, 0) is 0 Å². The first-order valence-corrected chi connectivity index (χ1v) is 11.5. The van der Waals surface area contributed by atoms with Crippen molar-refractivity contribution in [2.24, 2.45) is 0 Å². The van der Waals surface area contributed by atoms with Crippen LogP contribution >= 0.6 is 11.3 Å². The Morgan fingerprint density at radius 1 is 1.30 bits per heavy atom. The van der Waals surface area contributed by atoms with E-state index in [0.29, 0.717) is 30.5 Å². The largest absolute Gasteiger partial charge is 0.351 e. The number of aromatic amines is 1. The third-order valence-corrected chi connectivity index (χ3v) is 7.11. The maximum Gasteiger partial charge on any atom is 0.225 e. The summed E-state index contributed by atoms with van der Waals surface area (Å²) in [5, 5.41) is 25.2. The summed E-state index contributed by atoms with van der Waals surface area (Å²) in [6, 6.07) is 7.77. The van der Waals surface area contributed by atoms with Gasteiger partial charge in [0.1, 0.15) is 0 Å². The number of H-pyrrole nitrogens is 1. The Balaban J connectivity index is 1.35. The Morgan fingerprint density at radius 3 is 2.87 bits per heavy atom. The van der Waals surface area contributed by atoms with E-state index in [4.69, 9.17) is 15.2 Å². The van der Waals surface area contributed by atoms with Crippen molar-refractivity contribution in [2.45, 2.75) is 63.6 Å². The van der Waals surface area contributed by atoms with Crippen LogP contribution < -0.4 is 10.6 Å². The van der Waals surface area contributed by atoms with Crippen LogP contribution in [0.25, 0.3) is 10.2 Å². The van der Waals surface area contributed by atoms with Gasteiger partial charge in [0.05, 0.1) is 16.3 Å². The monoisotopic (exact) mass is 422 g/mol. The number of anilines is 3. The van der Waals surface area contributed by atoms with Gasteiger partial charge in [-0.05, 0) is 44.1 Å². The molecule has 2 aliphatic rings. The molecule has 5 heterocycles. The van der Waals surface area contributed by atoms with Gasteiger partial charge >= 0.3 is 0 Å². The quantitative estimate of drug-likeness (QED) is 0.547. The van der Waals surface area contributed by atoms with Crippen molar-refractivity contribution in [1.82, 2.24) is 25.1 Å². The molecule has 3 N–H and O–H groups in total. The fourth-order valence-electron chi connectivity index (χ4n) is 4.94. The normalized spacial score (nSPS) is 23.9. The first-order valence-electron chi connectivity index (χ1n) is 10.6. The predicted molar refractivity (Wildman–Crippen MR) is 119 cm³/mol. The van der Waals surface area contributed by atoms with Gasteiger partial charge in [0.25, 0.3) is 0 Å². The van der Waals surface area contributed by atoms with Crippen LogP contribution in [0.5, 0.6) is 0 Å². The zero-order chi connectivity index (χ0) is 20.5. The standard InChI is InChI=1S/C21H26N8S/c1-13-10-18(28-27-13)25-20-19-17(6-9-30-19)24-21(26-20)23-14-11-15-4-2-5-16(12-14)29(15)8-3-7-22/h6,9-10,14-16H,2-5,8,11-12H2,1H3,(H3,23,24,25,26,27,28)/t14-,15-,16+. The van der Waals surface area contributed by atoms with E-state index < -0.39 is 0 Å². The maximum atomic E-state index is 8.99. The van der Waals surface area contributed by atoms with Gasteiger partial charge in [0.2, 0.25) is 5.95 Å². The Bertz CT molecular complexity index is 1050. The van der Waals surface area contributed by atoms with E-state index >= 15 is 0 Å². The number of piperidine rings is 2. The predicted octanol–water partition coefficient (Wildman–Crippen LogP) is 4.18. The van der Waals surface area contributed by atoms with Crippen LogP contribution in [0.2, 0.25) is 0 Å². The van der Waals surface area contributed by atoms with Gasteiger partial charge in [0, 0.05) is 42.9 Å². The molecule has 0 unspecified atom stereocenters. The highest BCUT2D eigenvalue weighted by molar-refractivity contribution is 7.17. The van der Waals surface area contributed by atoms with E-state index in [-0.39, 0.29) is 0 Å². The molecule has 0 aromatic carbocycles. The van der Waals surface area contributed by atoms with Crippen LogP contribution in [-0.4, -0.2) is 49.7 Å². The lowest BCUT2D eigenvalue weighted by Gasteiger charge is -2.48. The second-order valence-corrected chi connectivity index (χ2v) is 9.21. The van der Waals surface area contributed by atoms with Crippen molar-refractivity contribution < 1.29 is 0 Å². The highest BCUT2D eigenvalue weighted by Gasteiger charge is 2.38. The molecule has 8 nitrogen and oxygen atoms in total. The first-order chi connectivity index (χ1) is 14.7. The summed E-state index contributed by atoms with van der Waals surface area (Å²) in [4.78, 5) is 12.1. The summed E-state index contributed by atoms with van der Waals surface area (Å²) in [5.41, 5.74) is 1.95. The minimum atomic E-state index is 0.357. The number of nitrogens with zero attached hydrogens (tertiary/aromatic N) is 5. The van der Waals surface area contributed by atoms with Gasteiger partial charge in [0.15, 0.2) is 11.6 Å². The Morgan fingerprint density at radius 2 is 2.13 bits per heavy atom. The van der Waals surface area contributed by atoms with Crippen molar-refractivity contribution in [2.75, 3.05) is 17.2 Å². The van der Waals surface area contributed by atoms with Crippen LogP contribution in [0.15, 0.2) is 17.5 Å². The molecule has 3 aromatic heterocycles. The third-order valence-electron chi connectivity index (χ3n) is 6.20. The lowest BCUT2D eigenvalue weighted by atomic mass is 9.81. The summed E-state index contributed by atoms with van der Waals surface area (Å²) in [5.74, 6) is 2.21. The van der Waals surface area contributed by atoms with E-state index in [2.05, 4.69) is 31.8 Å². The van der Waals surface area contributed by atoms with Crippen molar-refractivity contribution >= 4 is 39.1 Å². The molecule has 156 valence electrons. The van der Waals surface area contributed by atoms with Gasteiger partial charge < -0.3 is 10.6 Å². The minimum absolute atomic E-state index is 0.357. The molecule has 3 atom stereocenters. The summed E-state index contributed by atoms with van der Waals surface area (Å²) in [7, 11) is 0. The number of aromatic nitrogens is 4. The van der Waals surface area contributed by atoms with E-state index in [0.717, 1.165) is 46.9 Å². The topological polar surface area (TPSA) is 106 Å². The zero-order valence-corrected chi connectivity index (χ0v) is 17.9. The second kappa shape index (κ2) is 8.20. The molecule has 0 amide bonds. The third kappa shape index (κ3) is 3.85. The average molecular weight is 423 g/mol. The van der Waals surface area contributed by atoms with E-state index in [9.17, 15) is 0 Å². The molecule has 0 saturated carbocycles.